The number of phenolic OH excluding ortho intramolecular Hbond substituents is 1. The number of amides is 5. The molecule has 0 heterocycles. The summed E-state index contributed by atoms with van der Waals surface area (Å²) < 4.78 is 0. The first-order valence-electron chi connectivity index (χ1n) is 14.8. The molecule has 0 spiro atoms. The van der Waals surface area contributed by atoms with Crippen molar-refractivity contribution in [3.05, 3.63) is 29.8 Å². The van der Waals surface area contributed by atoms with Crippen molar-refractivity contribution in [3.8, 4) is 5.75 Å². The van der Waals surface area contributed by atoms with Crippen LogP contribution in [0.25, 0.3) is 0 Å². The number of carbonyl (C=O) groups is 6. The van der Waals surface area contributed by atoms with Crippen LogP contribution in [-0.4, -0.2) is 124 Å². The van der Waals surface area contributed by atoms with Crippen molar-refractivity contribution in [3.63, 3.8) is 0 Å². The molecule has 0 saturated carbocycles. The molecule has 0 unspecified atom stereocenters. The van der Waals surface area contributed by atoms with Gasteiger partial charge in [-0.2, -0.15) is 12.6 Å². The first-order valence-corrected chi connectivity index (χ1v) is 15.5. The van der Waals surface area contributed by atoms with E-state index in [1.807, 2.05) is 0 Å². The molecule has 5 amide bonds. The van der Waals surface area contributed by atoms with E-state index in [1.54, 1.807) is 0 Å². The second-order valence-electron chi connectivity index (χ2n) is 10.5. The predicted octanol–water partition coefficient (Wildman–Crippen LogP) is -4.84. The number of benzene rings is 1. The molecule has 0 fully saturated rings. The molecule has 47 heavy (non-hydrogen) atoms. The van der Waals surface area contributed by atoms with Crippen LogP contribution in [0.3, 0.4) is 0 Å². The van der Waals surface area contributed by atoms with Crippen LogP contribution < -0.4 is 43.8 Å². The standard InChI is InChI=1S/C28H46N8O10S/c29-9-2-1-3-18(32-23(40)17(31)8-10-30)24(41)36-22(14-47)27(44)35-21(13-38)26(43)34-20(12-37)25(42)33-19(28(45)46)11-15-4-6-16(39)7-5-15/h4-7,17-22,37-39,47H,1-3,8-14,29-31H2,(H,32,40)(H,33,42)(H,34,43)(H,35,44)(H,36,41)(H,45,46)/t17-,18-,19-,20-,21-,22-/m0/s1. The van der Waals surface area contributed by atoms with Crippen molar-refractivity contribution in [1.29, 1.82) is 0 Å². The van der Waals surface area contributed by atoms with Gasteiger partial charge in [0.05, 0.1) is 19.3 Å². The zero-order valence-electron chi connectivity index (χ0n) is 25.8. The highest BCUT2D eigenvalue weighted by molar-refractivity contribution is 7.80. The normalized spacial score (nSPS) is 14.8. The van der Waals surface area contributed by atoms with Gasteiger partial charge in [-0.05, 0) is 56.5 Å². The lowest BCUT2D eigenvalue weighted by molar-refractivity contribution is -0.142. The Bertz CT molecular complexity index is 1190. The largest absolute Gasteiger partial charge is 0.508 e. The lowest BCUT2D eigenvalue weighted by atomic mass is 10.1. The van der Waals surface area contributed by atoms with Gasteiger partial charge in [0.1, 0.15) is 36.0 Å². The van der Waals surface area contributed by atoms with E-state index >= 15 is 0 Å². The van der Waals surface area contributed by atoms with E-state index in [-0.39, 0.29) is 37.3 Å². The minimum Gasteiger partial charge on any atom is -0.508 e. The third-order valence-electron chi connectivity index (χ3n) is 6.83. The van der Waals surface area contributed by atoms with Gasteiger partial charge in [-0.3, -0.25) is 24.0 Å². The summed E-state index contributed by atoms with van der Waals surface area (Å²) >= 11 is 4.08. The van der Waals surface area contributed by atoms with Gasteiger partial charge in [-0.25, -0.2) is 4.79 Å². The Morgan fingerprint density at radius 2 is 1.13 bits per heavy atom. The average molecular weight is 687 g/mol. The number of aromatic hydroxyl groups is 1. The van der Waals surface area contributed by atoms with Gasteiger partial charge >= 0.3 is 5.97 Å². The third-order valence-corrected chi connectivity index (χ3v) is 7.20. The summed E-state index contributed by atoms with van der Waals surface area (Å²) in [5, 5.41) is 50.0. The molecule has 19 heteroatoms. The Hall–Kier alpha value is -4.01. The van der Waals surface area contributed by atoms with Crippen molar-refractivity contribution < 1.29 is 49.2 Å². The number of hydrogen-bond donors (Lipinski definition) is 13. The Morgan fingerprint density at radius 1 is 0.660 bits per heavy atom. The van der Waals surface area contributed by atoms with E-state index < -0.39 is 85.0 Å². The number of carboxylic acid groups (broad SMARTS) is 1. The fourth-order valence-electron chi connectivity index (χ4n) is 4.09. The molecular weight excluding hydrogens is 640 g/mol. The molecule has 1 aromatic rings. The predicted molar refractivity (Wildman–Crippen MR) is 172 cm³/mol. The number of rotatable bonds is 22. The van der Waals surface area contributed by atoms with E-state index in [0.29, 0.717) is 24.9 Å². The summed E-state index contributed by atoms with van der Waals surface area (Å²) in [6, 6.07) is -2.61. The van der Waals surface area contributed by atoms with E-state index in [1.165, 1.54) is 24.3 Å². The minimum absolute atomic E-state index is 0.0448. The molecule has 0 saturated heterocycles. The Morgan fingerprint density at radius 3 is 1.60 bits per heavy atom. The zero-order valence-corrected chi connectivity index (χ0v) is 26.7. The number of nitrogens with two attached hydrogens (primary N) is 3. The second-order valence-corrected chi connectivity index (χ2v) is 10.9. The number of hydrogen-bond acceptors (Lipinski definition) is 13. The van der Waals surface area contributed by atoms with Gasteiger partial charge in [0.2, 0.25) is 29.5 Å². The number of nitrogens with one attached hydrogen (secondary N) is 5. The molecule has 1 aromatic carbocycles. The third kappa shape index (κ3) is 14.5. The summed E-state index contributed by atoms with van der Waals surface area (Å²) in [6.07, 6.45) is 1.19. The highest BCUT2D eigenvalue weighted by atomic mass is 32.1. The van der Waals surface area contributed by atoms with Crippen molar-refractivity contribution in [2.45, 2.75) is 68.4 Å². The summed E-state index contributed by atoms with van der Waals surface area (Å²) in [7, 11) is 0. The molecule has 0 aliphatic carbocycles. The summed E-state index contributed by atoms with van der Waals surface area (Å²) in [6.45, 7) is -1.43. The van der Waals surface area contributed by atoms with Crippen molar-refractivity contribution >= 4 is 48.1 Å². The van der Waals surface area contributed by atoms with E-state index in [2.05, 4.69) is 39.2 Å². The van der Waals surface area contributed by atoms with Crippen LogP contribution in [0.5, 0.6) is 5.75 Å². The summed E-state index contributed by atoms with van der Waals surface area (Å²) in [5.41, 5.74) is 17.2. The van der Waals surface area contributed by atoms with Crippen LogP contribution in [0.2, 0.25) is 0 Å². The molecule has 0 aromatic heterocycles. The van der Waals surface area contributed by atoms with Gasteiger partial charge in [-0.1, -0.05) is 12.1 Å². The minimum atomic E-state index is -1.67. The lowest BCUT2D eigenvalue weighted by Crippen LogP contribution is -2.61. The first kappa shape index (κ1) is 41.0. The number of thiol groups is 1. The quantitative estimate of drug-likeness (QED) is 0.0403. The molecule has 15 N–H and O–H groups in total. The molecule has 0 aliphatic rings. The highest BCUT2D eigenvalue weighted by Gasteiger charge is 2.32. The van der Waals surface area contributed by atoms with Crippen molar-refractivity contribution in [2.75, 3.05) is 32.1 Å². The molecule has 0 bridgehead atoms. The maximum absolute atomic E-state index is 13.1. The van der Waals surface area contributed by atoms with Gasteiger partial charge in [0.15, 0.2) is 0 Å². The maximum Gasteiger partial charge on any atom is 0.326 e. The number of carboxylic acids is 1. The van der Waals surface area contributed by atoms with Crippen LogP contribution in [0, 0.1) is 0 Å². The van der Waals surface area contributed by atoms with Crippen molar-refractivity contribution in [1.82, 2.24) is 26.6 Å². The zero-order chi connectivity index (χ0) is 35.5. The molecule has 1 rings (SSSR count). The molecule has 6 atom stereocenters. The van der Waals surface area contributed by atoms with Gasteiger partial charge in [0, 0.05) is 12.2 Å². The fourth-order valence-corrected chi connectivity index (χ4v) is 4.35. The number of aliphatic carboxylic acids is 1. The number of aliphatic hydroxyl groups is 2. The summed E-state index contributed by atoms with van der Waals surface area (Å²) in [5.74, 6) is -6.19. The number of aliphatic hydroxyl groups excluding tert-OH is 2. The van der Waals surface area contributed by atoms with Crippen LogP contribution in [-0.2, 0) is 35.2 Å². The molecule has 264 valence electrons. The van der Waals surface area contributed by atoms with Gasteiger partial charge in [-0.15, -0.1) is 0 Å². The van der Waals surface area contributed by atoms with E-state index in [9.17, 15) is 49.2 Å². The van der Waals surface area contributed by atoms with Crippen LogP contribution in [0.1, 0.15) is 31.2 Å². The topological polar surface area (TPSA) is 322 Å². The number of unbranched alkanes of at least 4 members (excludes halogenated alkanes) is 1. The number of phenols is 1. The molecule has 0 aliphatic heterocycles. The fraction of sp³-hybridized carbons (Fsp3) is 0.571. The van der Waals surface area contributed by atoms with Gasteiger partial charge < -0.3 is 64.2 Å². The monoisotopic (exact) mass is 686 g/mol. The SMILES string of the molecule is NCCCC[C@H](NC(=O)[C@@H](N)CCN)C(=O)N[C@@H](CS)C(=O)N[C@@H](CO)C(=O)N[C@@H](CO)C(=O)N[C@@H](Cc1ccc(O)cc1)C(=O)O. The first-order chi connectivity index (χ1) is 22.3. The van der Waals surface area contributed by atoms with Crippen LogP contribution in [0.4, 0.5) is 0 Å². The molecule has 18 nitrogen and oxygen atoms in total. The van der Waals surface area contributed by atoms with E-state index in [4.69, 9.17) is 17.2 Å². The average Bonchev–Trinajstić information content (AvgIpc) is 3.04. The summed E-state index contributed by atoms with van der Waals surface area (Å²) in [4.78, 5) is 75.8. The Balaban J connectivity index is 2.90. The van der Waals surface area contributed by atoms with Crippen molar-refractivity contribution in [2.24, 2.45) is 17.2 Å². The Kier molecular flexibility index (Phi) is 19.0. The van der Waals surface area contributed by atoms with Crippen LogP contribution in [0.15, 0.2) is 24.3 Å². The van der Waals surface area contributed by atoms with Gasteiger partial charge in [0.25, 0.3) is 0 Å². The molecular formula is C28H46N8O10S. The smallest absolute Gasteiger partial charge is 0.326 e. The lowest BCUT2D eigenvalue weighted by Gasteiger charge is -2.25. The highest BCUT2D eigenvalue weighted by Crippen LogP contribution is 2.12. The second kappa shape index (κ2) is 21.7. The Labute approximate surface area is 277 Å². The molecule has 0 radical (unpaired) electrons. The number of carbonyl (C=O) groups excluding carboxylic acids is 5. The maximum atomic E-state index is 13.1. The van der Waals surface area contributed by atoms with E-state index in [0.717, 1.165) is 0 Å². The van der Waals surface area contributed by atoms with Crippen LogP contribution >= 0.6 is 12.6 Å².